The van der Waals surface area contributed by atoms with E-state index in [1.54, 1.807) is 14.2 Å². The summed E-state index contributed by atoms with van der Waals surface area (Å²) in [7, 11) is 3.33. The summed E-state index contributed by atoms with van der Waals surface area (Å²) >= 11 is 0. The van der Waals surface area contributed by atoms with E-state index in [1.165, 1.54) is 12.8 Å². The molecular weight excluding hydrogens is 470 g/mol. The molecule has 0 spiro atoms. The fourth-order valence-electron chi connectivity index (χ4n) is 6.25. The molecule has 2 aliphatic rings. The van der Waals surface area contributed by atoms with Crippen LogP contribution in [0.15, 0.2) is 47.3 Å². The van der Waals surface area contributed by atoms with Crippen LogP contribution in [0.25, 0.3) is 11.0 Å². The van der Waals surface area contributed by atoms with E-state index in [2.05, 4.69) is 31.5 Å². The Bertz CT molecular complexity index is 1430. The van der Waals surface area contributed by atoms with Gasteiger partial charge in [-0.15, -0.1) is 5.10 Å². The van der Waals surface area contributed by atoms with E-state index in [9.17, 15) is 4.79 Å². The van der Waals surface area contributed by atoms with Crippen molar-refractivity contribution in [2.45, 2.75) is 56.7 Å². The van der Waals surface area contributed by atoms with Gasteiger partial charge >= 0.3 is 5.69 Å². The third-order valence-electron chi connectivity index (χ3n) is 8.01. The SMILES string of the molecule is COc1cccc(C(c2nnnn2C2CCCC2)N2CCC(n3c(=O)[nH]c4ccccc43)CC2)c1OC. The molecule has 1 saturated carbocycles. The molecule has 0 bridgehead atoms. The first-order valence-corrected chi connectivity index (χ1v) is 13.1. The van der Waals surface area contributed by atoms with Crippen LogP contribution in [0.1, 0.15) is 68.0 Å². The third-order valence-corrected chi connectivity index (χ3v) is 8.01. The highest BCUT2D eigenvalue weighted by Crippen LogP contribution is 2.42. The fraction of sp³-hybridized carbons (Fsp3) is 0.481. The predicted molar refractivity (Wildman–Crippen MR) is 139 cm³/mol. The zero-order chi connectivity index (χ0) is 25.4. The van der Waals surface area contributed by atoms with Crippen molar-refractivity contribution < 1.29 is 9.47 Å². The van der Waals surface area contributed by atoms with Crippen LogP contribution in [0.3, 0.4) is 0 Å². The lowest BCUT2D eigenvalue weighted by molar-refractivity contribution is 0.142. The molecule has 6 rings (SSSR count). The predicted octanol–water partition coefficient (Wildman–Crippen LogP) is 3.87. The Kier molecular flexibility index (Phi) is 6.42. The number of aromatic amines is 1. The van der Waals surface area contributed by atoms with Crippen LogP contribution in [0.4, 0.5) is 0 Å². The van der Waals surface area contributed by atoms with Crippen molar-refractivity contribution >= 4 is 11.0 Å². The van der Waals surface area contributed by atoms with Gasteiger partial charge in [0, 0.05) is 24.7 Å². The number of ether oxygens (including phenoxy) is 2. The largest absolute Gasteiger partial charge is 0.493 e. The summed E-state index contributed by atoms with van der Waals surface area (Å²) in [6, 6.07) is 14.1. The first-order valence-electron chi connectivity index (χ1n) is 13.1. The van der Waals surface area contributed by atoms with Crippen molar-refractivity contribution in [2.24, 2.45) is 0 Å². The van der Waals surface area contributed by atoms with Crippen molar-refractivity contribution in [2.75, 3.05) is 27.3 Å². The maximum absolute atomic E-state index is 12.8. The van der Waals surface area contributed by atoms with Crippen molar-refractivity contribution in [3.8, 4) is 11.5 Å². The fourth-order valence-corrected chi connectivity index (χ4v) is 6.25. The van der Waals surface area contributed by atoms with Gasteiger partial charge in [0.25, 0.3) is 0 Å². The minimum Gasteiger partial charge on any atom is -0.493 e. The Hall–Kier alpha value is -3.66. The molecule has 1 N–H and O–H groups in total. The molecule has 1 saturated heterocycles. The molecular formula is C27H33N7O3. The molecule has 2 aromatic heterocycles. The van der Waals surface area contributed by atoms with E-state index in [0.717, 1.165) is 61.2 Å². The standard InChI is InChI=1S/C27H33N7O3/c1-36-23-13-7-10-20(25(23)37-2)24(26-29-30-31-34(26)19-8-3-4-9-19)32-16-14-18(15-17-32)33-22-12-6-5-11-21(22)28-27(33)35/h5-7,10-13,18-19,24H,3-4,8-9,14-17H2,1-2H3,(H,28,35). The molecule has 0 radical (unpaired) electrons. The smallest absolute Gasteiger partial charge is 0.326 e. The molecule has 2 aromatic carbocycles. The average molecular weight is 504 g/mol. The highest BCUT2D eigenvalue weighted by atomic mass is 16.5. The number of tetrazole rings is 1. The number of nitrogens with one attached hydrogen (secondary N) is 1. The van der Waals surface area contributed by atoms with E-state index in [1.807, 2.05) is 45.6 Å². The van der Waals surface area contributed by atoms with Crippen LogP contribution < -0.4 is 15.2 Å². The number of hydrogen-bond acceptors (Lipinski definition) is 7. The highest BCUT2D eigenvalue weighted by Gasteiger charge is 2.36. The number of nitrogens with zero attached hydrogens (tertiary/aromatic N) is 6. The zero-order valence-electron chi connectivity index (χ0n) is 21.3. The molecule has 1 aliphatic carbocycles. The van der Waals surface area contributed by atoms with Crippen LogP contribution >= 0.6 is 0 Å². The van der Waals surface area contributed by atoms with Gasteiger partial charge in [0.1, 0.15) is 6.04 Å². The molecule has 4 aromatic rings. The molecule has 2 fully saturated rings. The first-order chi connectivity index (χ1) is 18.2. The number of piperidine rings is 1. The Labute approximate surface area is 215 Å². The quantitative estimate of drug-likeness (QED) is 0.408. The molecule has 1 aliphatic heterocycles. The topological polar surface area (TPSA) is 103 Å². The van der Waals surface area contributed by atoms with Gasteiger partial charge in [-0.3, -0.25) is 9.47 Å². The Morgan fingerprint density at radius 1 is 0.946 bits per heavy atom. The molecule has 10 nitrogen and oxygen atoms in total. The lowest BCUT2D eigenvalue weighted by Gasteiger charge is -2.38. The Morgan fingerprint density at radius 2 is 1.73 bits per heavy atom. The van der Waals surface area contributed by atoms with Crippen molar-refractivity contribution in [1.82, 2.24) is 34.7 Å². The molecule has 1 atom stereocenters. The summed E-state index contributed by atoms with van der Waals surface area (Å²) in [5.74, 6) is 2.22. The minimum absolute atomic E-state index is 0.0455. The van der Waals surface area contributed by atoms with E-state index in [-0.39, 0.29) is 17.8 Å². The summed E-state index contributed by atoms with van der Waals surface area (Å²) in [5, 5.41) is 13.1. The summed E-state index contributed by atoms with van der Waals surface area (Å²) in [6.07, 6.45) is 6.26. The van der Waals surface area contributed by atoms with Gasteiger partial charge in [-0.1, -0.05) is 37.1 Å². The highest BCUT2D eigenvalue weighted by molar-refractivity contribution is 5.75. The van der Waals surface area contributed by atoms with E-state index in [0.29, 0.717) is 17.5 Å². The monoisotopic (exact) mass is 503 g/mol. The molecule has 10 heteroatoms. The number of benzene rings is 2. The second-order valence-electron chi connectivity index (χ2n) is 9.99. The van der Waals surface area contributed by atoms with Gasteiger partial charge in [0.05, 0.1) is 31.3 Å². The summed E-state index contributed by atoms with van der Waals surface area (Å²) < 4.78 is 15.5. The van der Waals surface area contributed by atoms with Gasteiger partial charge in [-0.25, -0.2) is 9.48 Å². The van der Waals surface area contributed by atoms with Gasteiger partial charge in [0.15, 0.2) is 17.3 Å². The minimum atomic E-state index is -0.193. The Balaban J connectivity index is 1.36. The first kappa shape index (κ1) is 23.7. The molecule has 0 amide bonds. The maximum Gasteiger partial charge on any atom is 0.326 e. The van der Waals surface area contributed by atoms with Crippen LogP contribution in [0.2, 0.25) is 0 Å². The van der Waals surface area contributed by atoms with Gasteiger partial charge < -0.3 is 14.5 Å². The third kappa shape index (κ3) is 4.19. The number of methoxy groups -OCH3 is 2. The number of H-pyrrole nitrogens is 1. The van der Waals surface area contributed by atoms with Crippen LogP contribution in [0.5, 0.6) is 11.5 Å². The number of imidazole rings is 1. The molecule has 1 unspecified atom stereocenters. The van der Waals surface area contributed by atoms with Crippen molar-refractivity contribution in [1.29, 1.82) is 0 Å². The van der Waals surface area contributed by atoms with Gasteiger partial charge in [-0.2, -0.15) is 0 Å². The number of fused-ring (bicyclic) bond motifs is 1. The number of para-hydroxylation sites is 3. The van der Waals surface area contributed by atoms with Crippen LogP contribution in [-0.2, 0) is 0 Å². The number of hydrogen-bond donors (Lipinski definition) is 1. The zero-order valence-corrected chi connectivity index (χ0v) is 21.3. The van der Waals surface area contributed by atoms with Crippen molar-refractivity contribution in [3.05, 3.63) is 64.3 Å². The summed E-state index contributed by atoms with van der Waals surface area (Å²) in [6.45, 7) is 1.58. The molecule has 3 heterocycles. The number of likely N-dealkylation sites (tertiary alicyclic amines) is 1. The van der Waals surface area contributed by atoms with Crippen LogP contribution in [0, 0.1) is 0 Å². The lowest BCUT2D eigenvalue weighted by atomic mass is 9.97. The average Bonchev–Trinajstić information content (AvgIpc) is 3.69. The second kappa shape index (κ2) is 10.0. The second-order valence-corrected chi connectivity index (χ2v) is 9.99. The Morgan fingerprint density at radius 3 is 2.49 bits per heavy atom. The van der Waals surface area contributed by atoms with Gasteiger partial charge in [0.2, 0.25) is 0 Å². The number of aromatic nitrogens is 6. The summed E-state index contributed by atoms with van der Waals surface area (Å²) in [4.78, 5) is 18.3. The maximum atomic E-state index is 12.8. The van der Waals surface area contributed by atoms with E-state index in [4.69, 9.17) is 9.47 Å². The number of rotatable bonds is 7. The molecule has 37 heavy (non-hydrogen) atoms. The van der Waals surface area contributed by atoms with E-state index >= 15 is 0 Å². The van der Waals surface area contributed by atoms with Crippen molar-refractivity contribution in [3.63, 3.8) is 0 Å². The van der Waals surface area contributed by atoms with Crippen LogP contribution in [-0.4, -0.2) is 62.0 Å². The van der Waals surface area contributed by atoms with E-state index < -0.39 is 0 Å². The normalized spacial score (nSPS) is 18.4. The summed E-state index contributed by atoms with van der Waals surface area (Å²) in [5.41, 5.74) is 2.78. The van der Waals surface area contributed by atoms with Gasteiger partial charge in [-0.05, 0) is 54.3 Å². The molecule has 194 valence electrons. The lowest BCUT2D eigenvalue weighted by Crippen LogP contribution is -2.40.